The third kappa shape index (κ3) is 2.92. The first-order chi connectivity index (χ1) is 8.70. The summed E-state index contributed by atoms with van der Waals surface area (Å²) in [7, 11) is 0. The molecule has 18 heavy (non-hydrogen) atoms. The van der Waals surface area contributed by atoms with Gasteiger partial charge in [0.05, 0.1) is 5.56 Å². The van der Waals surface area contributed by atoms with E-state index in [-0.39, 0.29) is 12.6 Å². The summed E-state index contributed by atoms with van der Waals surface area (Å²) in [6.45, 7) is 4.13. The van der Waals surface area contributed by atoms with E-state index in [1.165, 1.54) is 11.3 Å². The molecule has 0 aliphatic rings. The Bertz CT molecular complexity index is 551. The number of nitrogens with zero attached hydrogens (tertiary/aromatic N) is 2. The molecule has 94 valence electrons. The summed E-state index contributed by atoms with van der Waals surface area (Å²) in [5.41, 5.74) is 2.43. The Kier molecular flexibility index (Phi) is 4.04. The SMILES string of the molecule is CCc1cnccc1C(=O)OCc1nc(C)cs1. The number of hydrogen-bond donors (Lipinski definition) is 0. The van der Waals surface area contributed by atoms with Crippen molar-refractivity contribution in [3.8, 4) is 0 Å². The van der Waals surface area contributed by atoms with Crippen LogP contribution in [0.3, 0.4) is 0 Å². The van der Waals surface area contributed by atoms with Crippen LogP contribution in [0, 0.1) is 6.92 Å². The number of esters is 1. The van der Waals surface area contributed by atoms with E-state index in [1.807, 2.05) is 19.2 Å². The van der Waals surface area contributed by atoms with Crippen molar-refractivity contribution in [3.05, 3.63) is 45.7 Å². The lowest BCUT2D eigenvalue weighted by molar-refractivity contribution is 0.0471. The molecule has 0 N–H and O–H groups in total. The summed E-state index contributed by atoms with van der Waals surface area (Å²) in [5.74, 6) is -0.317. The van der Waals surface area contributed by atoms with E-state index < -0.39 is 0 Å². The number of thiazole rings is 1. The van der Waals surface area contributed by atoms with Gasteiger partial charge < -0.3 is 4.74 Å². The number of ether oxygens (including phenoxy) is 1. The average molecular weight is 262 g/mol. The molecule has 0 unspecified atom stereocenters. The molecule has 0 saturated heterocycles. The summed E-state index contributed by atoms with van der Waals surface area (Å²) in [6, 6.07) is 1.69. The highest BCUT2D eigenvalue weighted by Gasteiger charge is 2.12. The quantitative estimate of drug-likeness (QED) is 0.795. The highest BCUT2D eigenvalue weighted by atomic mass is 32.1. The summed E-state index contributed by atoms with van der Waals surface area (Å²) in [6.07, 6.45) is 4.06. The number of rotatable bonds is 4. The van der Waals surface area contributed by atoms with Crippen molar-refractivity contribution in [1.29, 1.82) is 0 Å². The number of pyridine rings is 1. The van der Waals surface area contributed by atoms with E-state index >= 15 is 0 Å². The van der Waals surface area contributed by atoms with Crippen LogP contribution in [0.4, 0.5) is 0 Å². The van der Waals surface area contributed by atoms with Crippen LogP contribution in [-0.4, -0.2) is 15.9 Å². The molecule has 5 heteroatoms. The molecule has 0 spiro atoms. The zero-order valence-electron chi connectivity index (χ0n) is 10.3. The standard InChI is InChI=1S/C13H14N2O2S/c1-3-10-6-14-5-4-11(10)13(16)17-7-12-15-9(2)8-18-12/h4-6,8H,3,7H2,1-2H3. The van der Waals surface area contributed by atoms with Crippen molar-refractivity contribution in [1.82, 2.24) is 9.97 Å². The van der Waals surface area contributed by atoms with Crippen LogP contribution < -0.4 is 0 Å². The van der Waals surface area contributed by atoms with Gasteiger partial charge in [-0.15, -0.1) is 11.3 Å². The summed E-state index contributed by atoms with van der Waals surface area (Å²) in [5, 5.41) is 2.75. The fourth-order valence-electron chi connectivity index (χ4n) is 1.58. The summed E-state index contributed by atoms with van der Waals surface area (Å²) in [4.78, 5) is 20.2. The van der Waals surface area contributed by atoms with Gasteiger partial charge in [0.1, 0.15) is 11.6 Å². The third-order valence-electron chi connectivity index (χ3n) is 2.50. The molecule has 0 aliphatic heterocycles. The Balaban J connectivity index is 2.03. The van der Waals surface area contributed by atoms with Crippen LogP contribution in [0.25, 0.3) is 0 Å². The maximum absolute atomic E-state index is 11.9. The van der Waals surface area contributed by atoms with Gasteiger partial charge in [-0.1, -0.05) is 6.92 Å². The van der Waals surface area contributed by atoms with Crippen molar-refractivity contribution in [2.75, 3.05) is 0 Å². The molecule has 0 atom stereocenters. The van der Waals surface area contributed by atoms with Gasteiger partial charge in [0.15, 0.2) is 0 Å². The molecule has 0 radical (unpaired) electrons. The third-order valence-corrected chi connectivity index (χ3v) is 3.44. The van der Waals surface area contributed by atoms with Gasteiger partial charge in [0, 0.05) is 23.5 Å². The molecular weight excluding hydrogens is 248 g/mol. The molecule has 2 aromatic heterocycles. The van der Waals surface area contributed by atoms with Crippen LogP contribution in [-0.2, 0) is 17.8 Å². The second kappa shape index (κ2) is 5.73. The van der Waals surface area contributed by atoms with Gasteiger partial charge in [0.2, 0.25) is 0 Å². The Morgan fingerprint density at radius 1 is 1.50 bits per heavy atom. The highest BCUT2D eigenvalue weighted by Crippen LogP contribution is 2.13. The molecule has 0 aliphatic carbocycles. The lowest BCUT2D eigenvalue weighted by atomic mass is 10.1. The minimum absolute atomic E-state index is 0.225. The number of aryl methyl sites for hydroxylation is 2. The van der Waals surface area contributed by atoms with Gasteiger partial charge in [0.25, 0.3) is 0 Å². The molecule has 2 heterocycles. The summed E-state index contributed by atoms with van der Waals surface area (Å²) >= 11 is 1.50. The zero-order chi connectivity index (χ0) is 13.0. The van der Waals surface area contributed by atoms with E-state index in [4.69, 9.17) is 4.74 Å². The molecule has 0 amide bonds. The van der Waals surface area contributed by atoms with Crippen molar-refractivity contribution in [3.63, 3.8) is 0 Å². The summed E-state index contributed by atoms with van der Waals surface area (Å²) < 4.78 is 5.25. The fourth-order valence-corrected chi connectivity index (χ4v) is 2.27. The molecule has 0 saturated carbocycles. The Labute approximate surface area is 110 Å². The van der Waals surface area contributed by atoms with Crippen LogP contribution >= 0.6 is 11.3 Å². The second-order valence-electron chi connectivity index (χ2n) is 3.85. The number of hydrogen-bond acceptors (Lipinski definition) is 5. The molecule has 0 aromatic carbocycles. The smallest absolute Gasteiger partial charge is 0.338 e. The minimum Gasteiger partial charge on any atom is -0.455 e. The van der Waals surface area contributed by atoms with Crippen molar-refractivity contribution in [2.24, 2.45) is 0 Å². The molecule has 0 fully saturated rings. The maximum atomic E-state index is 11.9. The molecule has 2 rings (SSSR count). The monoisotopic (exact) mass is 262 g/mol. The first-order valence-electron chi connectivity index (χ1n) is 5.71. The van der Waals surface area contributed by atoms with Crippen molar-refractivity contribution >= 4 is 17.3 Å². The number of aromatic nitrogens is 2. The first kappa shape index (κ1) is 12.7. The molecular formula is C13H14N2O2S. The van der Waals surface area contributed by atoms with Crippen LogP contribution in [0.2, 0.25) is 0 Å². The van der Waals surface area contributed by atoms with Crippen LogP contribution in [0.15, 0.2) is 23.8 Å². The molecule has 2 aromatic rings. The molecule has 0 bridgehead atoms. The number of carbonyl (C=O) groups excluding carboxylic acids is 1. The van der Waals surface area contributed by atoms with Gasteiger partial charge in [-0.25, -0.2) is 9.78 Å². The van der Waals surface area contributed by atoms with Gasteiger partial charge in [-0.05, 0) is 25.0 Å². The average Bonchev–Trinajstić information content (AvgIpc) is 2.81. The lowest BCUT2D eigenvalue weighted by Gasteiger charge is -2.06. The van der Waals surface area contributed by atoms with Gasteiger partial charge in [-0.2, -0.15) is 0 Å². The maximum Gasteiger partial charge on any atom is 0.338 e. The Morgan fingerprint density at radius 3 is 3.00 bits per heavy atom. The van der Waals surface area contributed by atoms with E-state index in [1.54, 1.807) is 18.5 Å². The highest BCUT2D eigenvalue weighted by molar-refractivity contribution is 7.09. The van der Waals surface area contributed by atoms with Crippen molar-refractivity contribution in [2.45, 2.75) is 26.9 Å². The van der Waals surface area contributed by atoms with Crippen molar-refractivity contribution < 1.29 is 9.53 Å². The fraction of sp³-hybridized carbons (Fsp3) is 0.308. The normalized spacial score (nSPS) is 10.3. The topological polar surface area (TPSA) is 52.1 Å². The number of carbonyl (C=O) groups is 1. The second-order valence-corrected chi connectivity index (χ2v) is 4.79. The van der Waals surface area contributed by atoms with E-state index in [0.717, 1.165) is 22.7 Å². The zero-order valence-corrected chi connectivity index (χ0v) is 11.2. The first-order valence-corrected chi connectivity index (χ1v) is 6.59. The Hall–Kier alpha value is -1.75. The lowest BCUT2D eigenvalue weighted by Crippen LogP contribution is -2.08. The predicted molar refractivity (Wildman–Crippen MR) is 69.6 cm³/mol. The molecule has 4 nitrogen and oxygen atoms in total. The minimum atomic E-state index is -0.317. The largest absolute Gasteiger partial charge is 0.455 e. The van der Waals surface area contributed by atoms with E-state index in [2.05, 4.69) is 9.97 Å². The van der Waals surface area contributed by atoms with E-state index in [9.17, 15) is 4.79 Å². The van der Waals surface area contributed by atoms with Crippen LogP contribution in [0.1, 0.15) is 33.5 Å². The predicted octanol–water partition coefficient (Wildman–Crippen LogP) is 2.77. The Morgan fingerprint density at radius 2 is 2.33 bits per heavy atom. The van der Waals surface area contributed by atoms with E-state index in [0.29, 0.717) is 5.56 Å². The van der Waals surface area contributed by atoms with Gasteiger partial charge in [-0.3, -0.25) is 4.98 Å². The van der Waals surface area contributed by atoms with Crippen LogP contribution in [0.5, 0.6) is 0 Å². The van der Waals surface area contributed by atoms with Gasteiger partial charge >= 0.3 is 5.97 Å².